The Labute approximate surface area is 66.9 Å². The highest BCUT2D eigenvalue weighted by Gasteiger charge is 1.92. The average Bonchev–Trinajstić information content (AvgIpc) is 2.04. The Bertz CT molecular complexity index is 205. The van der Waals surface area contributed by atoms with Crippen LogP contribution >= 0.6 is 0 Å². The Morgan fingerprint density at radius 2 is 2.27 bits per heavy atom. The van der Waals surface area contributed by atoms with Crippen LogP contribution in [0.1, 0.15) is 17.7 Å². The lowest BCUT2D eigenvalue weighted by Crippen LogP contribution is -1.92. The zero-order valence-electron chi connectivity index (χ0n) is 6.75. The molecule has 1 heterocycles. The van der Waals surface area contributed by atoms with Crippen LogP contribution in [0.2, 0.25) is 0 Å². The van der Waals surface area contributed by atoms with Crippen molar-refractivity contribution in [2.24, 2.45) is 0 Å². The highest BCUT2D eigenvalue weighted by molar-refractivity contribution is 5.12. The molecule has 0 amide bonds. The number of pyridine rings is 1. The van der Waals surface area contributed by atoms with Crippen molar-refractivity contribution in [3.05, 3.63) is 29.6 Å². The fourth-order valence-electron chi connectivity index (χ4n) is 0.906. The van der Waals surface area contributed by atoms with Gasteiger partial charge in [0.15, 0.2) is 0 Å². The van der Waals surface area contributed by atoms with Crippen LogP contribution in [-0.4, -0.2) is 16.7 Å². The van der Waals surface area contributed by atoms with E-state index in [1.54, 1.807) is 0 Å². The molecule has 0 unspecified atom stereocenters. The summed E-state index contributed by atoms with van der Waals surface area (Å²) in [4.78, 5) is 4.20. The second-order valence-electron chi connectivity index (χ2n) is 2.65. The first kappa shape index (κ1) is 8.21. The van der Waals surface area contributed by atoms with Crippen molar-refractivity contribution in [3.8, 4) is 0 Å². The molecule has 0 saturated heterocycles. The van der Waals surface area contributed by atoms with Gasteiger partial charge >= 0.3 is 0 Å². The SMILES string of the molecule is Cc1ccc(CCCO)nc1. The summed E-state index contributed by atoms with van der Waals surface area (Å²) >= 11 is 0. The minimum Gasteiger partial charge on any atom is -0.396 e. The number of aryl methyl sites for hydroxylation is 2. The molecule has 0 saturated carbocycles. The van der Waals surface area contributed by atoms with Gasteiger partial charge in [-0.25, -0.2) is 0 Å². The monoisotopic (exact) mass is 151 g/mol. The van der Waals surface area contributed by atoms with Gasteiger partial charge in [-0.3, -0.25) is 4.98 Å². The molecule has 1 aromatic heterocycles. The van der Waals surface area contributed by atoms with Crippen molar-refractivity contribution in [3.63, 3.8) is 0 Å². The van der Waals surface area contributed by atoms with Crippen LogP contribution in [0.3, 0.4) is 0 Å². The van der Waals surface area contributed by atoms with E-state index < -0.39 is 0 Å². The molecular formula is C9H13NO. The molecule has 0 aliphatic heterocycles. The van der Waals surface area contributed by atoms with Crippen LogP contribution in [0.5, 0.6) is 0 Å². The summed E-state index contributed by atoms with van der Waals surface area (Å²) in [5.74, 6) is 0. The number of nitrogens with zero attached hydrogens (tertiary/aromatic N) is 1. The van der Waals surface area contributed by atoms with E-state index >= 15 is 0 Å². The molecule has 60 valence electrons. The quantitative estimate of drug-likeness (QED) is 0.706. The smallest absolute Gasteiger partial charge is 0.0434 e. The number of hydrogen-bond donors (Lipinski definition) is 1. The van der Waals surface area contributed by atoms with E-state index in [0.717, 1.165) is 18.5 Å². The standard InChI is InChI=1S/C9H13NO/c1-8-4-5-9(10-7-8)3-2-6-11/h4-5,7,11H,2-3,6H2,1H3. The number of hydrogen-bond acceptors (Lipinski definition) is 2. The average molecular weight is 151 g/mol. The first-order valence-electron chi connectivity index (χ1n) is 3.85. The molecule has 11 heavy (non-hydrogen) atoms. The van der Waals surface area contributed by atoms with Crippen LogP contribution in [0.25, 0.3) is 0 Å². The van der Waals surface area contributed by atoms with Gasteiger partial charge in [-0.2, -0.15) is 0 Å². The van der Waals surface area contributed by atoms with Crippen LogP contribution in [0, 0.1) is 6.92 Å². The summed E-state index contributed by atoms with van der Waals surface area (Å²) < 4.78 is 0. The molecule has 1 rings (SSSR count). The third-order valence-corrected chi connectivity index (χ3v) is 1.56. The van der Waals surface area contributed by atoms with Gasteiger partial charge in [0, 0.05) is 18.5 Å². The fourth-order valence-corrected chi connectivity index (χ4v) is 0.906. The Morgan fingerprint density at radius 3 is 2.82 bits per heavy atom. The van der Waals surface area contributed by atoms with Gasteiger partial charge in [-0.15, -0.1) is 0 Å². The van der Waals surface area contributed by atoms with Crippen LogP contribution in [-0.2, 0) is 6.42 Å². The van der Waals surface area contributed by atoms with E-state index in [2.05, 4.69) is 4.98 Å². The lowest BCUT2D eigenvalue weighted by atomic mass is 10.2. The zero-order chi connectivity index (χ0) is 8.10. The lowest BCUT2D eigenvalue weighted by molar-refractivity contribution is 0.288. The van der Waals surface area contributed by atoms with Crippen LogP contribution < -0.4 is 0 Å². The summed E-state index contributed by atoms with van der Waals surface area (Å²) in [6, 6.07) is 4.05. The predicted octanol–water partition coefficient (Wildman–Crippen LogP) is 1.31. The van der Waals surface area contributed by atoms with E-state index in [0.29, 0.717) is 0 Å². The van der Waals surface area contributed by atoms with Gasteiger partial charge in [-0.1, -0.05) is 6.07 Å². The van der Waals surface area contributed by atoms with Crippen LogP contribution in [0.4, 0.5) is 0 Å². The molecule has 0 aromatic carbocycles. The largest absolute Gasteiger partial charge is 0.396 e. The molecule has 0 aliphatic carbocycles. The number of rotatable bonds is 3. The Balaban J connectivity index is 2.52. The molecular weight excluding hydrogens is 138 g/mol. The van der Waals surface area contributed by atoms with Crippen molar-refractivity contribution in [2.45, 2.75) is 19.8 Å². The number of aromatic nitrogens is 1. The van der Waals surface area contributed by atoms with Crippen LogP contribution in [0.15, 0.2) is 18.3 Å². The van der Waals surface area contributed by atoms with Gasteiger partial charge < -0.3 is 5.11 Å². The molecule has 1 aromatic rings. The Kier molecular flexibility index (Phi) is 3.05. The molecule has 0 spiro atoms. The van der Waals surface area contributed by atoms with Gasteiger partial charge in [-0.05, 0) is 31.4 Å². The minimum absolute atomic E-state index is 0.246. The van der Waals surface area contributed by atoms with Gasteiger partial charge in [0.1, 0.15) is 0 Å². The van der Waals surface area contributed by atoms with Crippen molar-refractivity contribution in [1.29, 1.82) is 0 Å². The molecule has 2 nitrogen and oxygen atoms in total. The summed E-state index contributed by atoms with van der Waals surface area (Å²) in [5, 5.41) is 8.55. The summed E-state index contributed by atoms with van der Waals surface area (Å²) in [5.41, 5.74) is 2.24. The minimum atomic E-state index is 0.246. The van der Waals surface area contributed by atoms with Crippen molar-refractivity contribution >= 4 is 0 Å². The van der Waals surface area contributed by atoms with E-state index in [4.69, 9.17) is 5.11 Å². The maximum absolute atomic E-state index is 8.55. The summed E-state index contributed by atoms with van der Waals surface area (Å²) in [6.07, 6.45) is 3.53. The predicted molar refractivity (Wildman–Crippen MR) is 44.4 cm³/mol. The van der Waals surface area contributed by atoms with Crippen molar-refractivity contribution < 1.29 is 5.11 Å². The molecule has 2 heteroatoms. The second kappa shape index (κ2) is 4.09. The molecule has 0 fully saturated rings. The maximum Gasteiger partial charge on any atom is 0.0434 e. The molecule has 0 atom stereocenters. The molecule has 0 aliphatic rings. The Hall–Kier alpha value is -0.890. The lowest BCUT2D eigenvalue weighted by Gasteiger charge is -1.97. The third-order valence-electron chi connectivity index (χ3n) is 1.56. The van der Waals surface area contributed by atoms with Crippen molar-refractivity contribution in [1.82, 2.24) is 4.98 Å². The number of aliphatic hydroxyl groups excluding tert-OH is 1. The summed E-state index contributed by atoms with van der Waals surface area (Å²) in [7, 11) is 0. The van der Waals surface area contributed by atoms with E-state index in [1.165, 1.54) is 5.56 Å². The third kappa shape index (κ3) is 2.68. The molecule has 0 radical (unpaired) electrons. The van der Waals surface area contributed by atoms with Gasteiger partial charge in [0.25, 0.3) is 0 Å². The first-order valence-corrected chi connectivity index (χ1v) is 3.85. The fraction of sp³-hybridized carbons (Fsp3) is 0.444. The summed E-state index contributed by atoms with van der Waals surface area (Å²) in [6.45, 7) is 2.26. The normalized spacial score (nSPS) is 10.0. The molecule has 1 N–H and O–H groups in total. The highest BCUT2D eigenvalue weighted by atomic mass is 16.2. The van der Waals surface area contributed by atoms with Gasteiger partial charge in [0.2, 0.25) is 0 Å². The first-order chi connectivity index (χ1) is 5.33. The zero-order valence-corrected chi connectivity index (χ0v) is 6.75. The van der Waals surface area contributed by atoms with E-state index in [1.807, 2.05) is 25.3 Å². The number of aliphatic hydroxyl groups is 1. The van der Waals surface area contributed by atoms with E-state index in [9.17, 15) is 0 Å². The highest BCUT2D eigenvalue weighted by Crippen LogP contribution is 2.00. The van der Waals surface area contributed by atoms with Gasteiger partial charge in [0.05, 0.1) is 0 Å². The van der Waals surface area contributed by atoms with E-state index in [-0.39, 0.29) is 6.61 Å². The maximum atomic E-state index is 8.55. The topological polar surface area (TPSA) is 33.1 Å². The van der Waals surface area contributed by atoms with Crippen molar-refractivity contribution in [2.75, 3.05) is 6.61 Å². The second-order valence-corrected chi connectivity index (χ2v) is 2.65. The molecule has 0 bridgehead atoms. The Morgan fingerprint density at radius 1 is 1.45 bits per heavy atom.